The zero-order valence-corrected chi connectivity index (χ0v) is 25.6. The quantitative estimate of drug-likeness (QED) is 0.304. The van der Waals surface area contributed by atoms with Crippen molar-refractivity contribution in [2.75, 3.05) is 49.6 Å². The molecule has 1 N–H and O–H groups in total. The van der Waals surface area contributed by atoms with E-state index in [0.29, 0.717) is 51.4 Å². The van der Waals surface area contributed by atoms with Gasteiger partial charge in [-0.05, 0) is 0 Å². The van der Waals surface area contributed by atoms with Gasteiger partial charge in [-0.15, -0.1) is 0 Å². The molecule has 2 aliphatic rings. The van der Waals surface area contributed by atoms with Gasteiger partial charge in [-0.1, -0.05) is 0 Å². The maximum absolute atomic E-state index is 15.2. The van der Waals surface area contributed by atoms with Gasteiger partial charge in [-0.25, -0.2) is 0 Å². The summed E-state index contributed by atoms with van der Waals surface area (Å²) in [6.45, 7) is 9.09. The van der Waals surface area contributed by atoms with Gasteiger partial charge in [0.2, 0.25) is 0 Å². The molecular weight excluding hydrogens is 571 g/mol. The van der Waals surface area contributed by atoms with Crippen LogP contribution in [-0.2, 0) is 11.3 Å². The summed E-state index contributed by atoms with van der Waals surface area (Å²) < 4.78 is 35.6. The number of nitrogens with one attached hydrogen (secondary N) is 1. The standard InChI is InChI=1S/C32H38AsF2N3O2/c1-21-15-25(16-22(2)31(21)35)32(39)36-29-18-24(6-8-30(29)38-10-9-26(20-38)33(3)4)27-17-23(5-7-28(27)34)19-37-11-13-40-14-12-37/h5-8,15-18,26H,9-14,19-20H2,1-4H3,(H,36,39). The molecule has 2 fully saturated rings. The van der Waals surface area contributed by atoms with Gasteiger partial charge < -0.3 is 4.74 Å². The molecule has 5 nitrogen and oxygen atoms in total. The zero-order chi connectivity index (χ0) is 28.4. The number of nitrogens with zero attached hydrogens (tertiary/aromatic N) is 2. The molecule has 8 heteroatoms. The average Bonchev–Trinajstić information content (AvgIpc) is 3.44. The summed E-state index contributed by atoms with van der Waals surface area (Å²) in [5, 5.41) is 3.10. The van der Waals surface area contributed by atoms with E-state index in [1.54, 1.807) is 26.0 Å². The van der Waals surface area contributed by atoms with E-state index in [2.05, 4.69) is 26.5 Å². The molecule has 1 unspecified atom stereocenters. The fraction of sp³-hybridized carbons (Fsp3) is 0.406. The van der Waals surface area contributed by atoms with Crippen LogP contribution in [0, 0.1) is 25.5 Å². The second kappa shape index (κ2) is 12.4. The molecule has 0 radical (unpaired) electrons. The first-order chi connectivity index (χ1) is 19.2. The Bertz CT molecular complexity index is 1370. The second-order valence-electron chi connectivity index (χ2n) is 11.2. The molecule has 0 saturated carbocycles. The van der Waals surface area contributed by atoms with Crippen LogP contribution >= 0.6 is 0 Å². The molecule has 0 bridgehead atoms. The molecule has 2 aliphatic heterocycles. The number of benzene rings is 3. The number of halogens is 2. The second-order valence-corrected chi connectivity index (χ2v) is 16.7. The van der Waals surface area contributed by atoms with Gasteiger partial charge in [0.15, 0.2) is 0 Å². The van der Waals surface area contributed by atoms with Crippen molar-refractivity contribution in [3.05, 3.63) is 82.4 Å². The molecule has 0 aromatic heterocycles. The minimum absolute atomic E-state index is 0.298. The van der Waals surface area contributed by atoms with Gasteiger partial charge >= 0.3 is 210 Å². The number of carbonyl (C=O) groups excluding carboxylic acids is 1. The molecule has 0 aliphatic carbocycles. The zero-order valence-electron chi connectivity index (χ0n) is 23.8. The molecular formula is C32H38AsF2N3O2. The Morgan fingerprint density at radius 2 is 1.73 bits per heavy atom. The number of hydrogen-bond acceptors (Lipinski definition) is 4. The van der Waals surface area contributed by atoms with Gasteiger partial charge in [0.1, 0.15) is 0 Å². The third-order valence-electron chi connectivity index (χ3n) is 8.03. The average molecular weight is 610 g/mol. The van der Waals surface area contributed by atoms with Crippen LogP contribution in [0.3, 0.4) is 0 Å². The third-order valence-corrected chi connectivity index (χ3v) is 12.0. The van der Waals surface area contributed by atoms with Crippen LogP contribution in [0.15, 0.2) is 48.5 Å². The van der Waals surface area contributed by atoms with E-state index in [-0.39, 0.29) is 17.5 Å². The number of ether oxygens (including phenoxy) is 1. The molecule has 40 heavy (non-hydrogen) atoms. The normalized spacial score (nSPS) is 18.0. The van der Waals surface area contributed by atoms with Crippen LogP contribution in [0.25, 0.3) is 11.1 Å². The maximum atomic E-state index is 15.2. The predicted octanol–water partition coefficient (Wildman–Crippen LogP) is 6.67. The Balaban J connectivity index is 1.49. The van der Waals surface area contributed by atoms with Crippen LogP contribution in [0.4, 0.5) is 20.2 Å². The SMILES string of the molecule is Cc1cc(C(=O)Nc2cc(-c3cc(CN4CCOCC4)ccc3F)ccc2N2CCC([As](C)C)C2)cc(C)c1F. The molecule has 1 atom stereocenters. The van der Waals surface area contributed by atoms with Crippen molar-refractivity contribution in [3.8, 4) is 11.1 Å². The Kier molecular flexibility index (Phi) is 8.94. The van der Waals surface area contributed by atoms with Crippen molar-refractivity contribution >= 4 is 31.9 Å². The van der Waals surface area contributed by atoms with Gasteiger partial charge in [0.25, 0.3) is 0 Å². The Labute approximate surface area is 240 Å². The van der Waals surface area contributed by atoms with Crippen molar-refractivity contribution in [1.29, 1.82) is 0 Å². The molecule has 3 aromatic carbocycles. The van der Waals surface area contributed by atoms with E-state index in [1.807, 2.05) is 30.3 Å². The van der Waals surface area contributed by atoms with Crippen molar-refractivity contribution in [2.45, 2.75) is 42.9 Å². The van der Waals surface area contributed by atoms with E-state index in [4.69, 9.17) is 4.74 Å². The van der Waals surface area contributed by atoms with Crippen molar-refractivity contribution in [3.63, 3.8) is 0 Å². The summed E-state index contributed by atoms with van der Waals surface area (Å²) in [5.41, 5.74) is 9.89. The number of amides is 1. The van der Waals surface area contributed by atoms with Gasteiger partial charge in [0, 0.05) is 13.1 Å². The molecule has 0 spiro atoms. The predicted molar refractivity (Wildman–Crippen MR) is 160 cm³/mol. The topological polar surface area (TPSA) is 44.8 Å². The van der Waals surface area contributed by atoms with Gasteiger partial charge in [-0.3, -0.25) is 0 Å². The van der Waals surface area contributed by atoms with E-state index < -0.39 is 14.7 Å². The van der Waals surface area contributed by atoms with E-state index in [0.717, 1.165) is 50.4 Å². The van der Waals surface area contributed by atoms with E-state index in [9.17, 15) is 9.18 Å². The number of anilines is 2. The van der Waals surface area contributed by atoms with Crippen molar-refractivity contribution in [1.82, 2.24) is 4.90 Å². The molecule has 212 valence electrons. The van der Waals surface area contributed by atoms with Crippen LogP contribution < -0.4 is 10.2 Å². The number of morpholine rings is 1. The van der Waals surface area contributed by atoms with Crippen LogP contribution in [-0.4, -0.2) is 64.9 Å². The van der Waals surface area contributed by atoms with E-state index in [1.165, 1.54) is 6.07 Å². The summed E-state index contributed by atoms with van der Waals surface area (Å²) in [6.07, 6.45) is 1.15. The Morgan fingerprint density at radius 3 is 2.40 bits per heavy atom. The first-order valence-electron chi connectivity index (χ1n) is 13.9. The van der Waals surface area contributed by atoms with Gasteiger partial charge in [0.05, 0.1) is 13.2 Å². The summed E-state index contributed by atoms with van der Waals surface area (Å²) >= 11 is -0.877. The fourth-order valence-corrected chi connectivity index (χ4v) is 8.07. The monoisotopic (exact) mass is 609 g/mol. The van der Waals surface area contributed by atoms with Crippen molar-refractivity contribution < 1.29 is 18.3 Å². The van der Waals surface area contributed by atoms with Crippen LogP contribution in [0.2, 0.25) is 16.1 Å². The summed E-state index contributed by atoms with van der Waals surface area (Å²) in [7, 11) is 0. The van der Waals surface area contributed by atoms with Crippen LogP contribution in [0.1, 0.15) is 33.5 Å². The molecule has 2 heterocycles. The first-order valence-corrected chi connectivity index (χ1v) is 18.8. The molecule has 3 aromatic rings. The van der Waals surface area contributed by atoms with E-state index >= 15 is 4.39 Å². The molecule has 2 saturated heterocycles. The summed E-state index contributed by atoms with van der Waals surface area (Å²) in [6, 6.07) is 14.3. The number of carbonyl (C=O) groups is 1. The number of rotatable bonds is 7. The van der Waals surface area contributed by atoms with Crippen LogP contribution in [0.5, 0.6) is 0 Å². The summed E-state index contributed by atoms with van der Waals surface area (Å²) in [5.74, 6) is -0.902. The number of hydrogen-bond donors (Lipinski definition) is 1. The van der Waals surface area contributed by atoms with Gasteiger partial charge in [-0.2, -0.15) is 0 Å². The fourth-order valence-electron chi connectivity index (χ4n) is 5.64. The Morgan fingerprint density at radius 1 is 1.00 bits per heavy atom. The molecule has 1 amide bonds. The Hall–Kier alpha value is -2.73. The molecule has 5 rings (SSSR count). The minimum atomic E-state index is -0.877. The third kappa shape index (κ3) is 6.43. The first kappa shape index (κ1) is 28.8. The van der Waals surface area contributed by atoms with Crippen molar-refractivity contribution in [2.24, 2.45) is 0 Å². The number of aryl methyl sites for hydroxylation is 2. The summed E-state index contributed by atoms with van der Waals surface area (Å²) in [4.78, 5) is 18.1.